The van der Waals surface area contributed by atoms with Crippen LogP contribution in [0.15, 0.2) is 0 Å². The number of carbonyl (C=O) groups excluding carboxylic acids is 1. The van der Waals surface area contributed by atoms with Crippen LogP contribution in [0, 0.1) is 0 Å². The number of nitrogens with one attached hydrogen (secondary N) is 2. The van der Waals surface area contributed by atoms with Gasteiger partial charge in [-0.25, -0.2) is 4.79 Å². The molecule has 1 fully saturated rings. The van der Waals surface area contributed by atoms with E-state index < -0.39 is 0 Å². The first-order chi connectivity index (χ1) is 7.53. The van der Waals surface area contributed by atoms with Crippen molar-refractivity contribution in [2.24, 2.45) is 5.73 Å². The standard InChI is InChI=1S/C11H23N3O2/c1-11(12)5-3-9(4-6-11)14-10(15)13-7-8-16-2/h9H,3-8,12H2,1-2H3,(H2,13,14,15). The Kier molecular flexibility index (Phi) is 5.02. The Morgan fingerprint density at radius 3 is 2.69 bits per heavy atom. The summed E-state index contributed by atoms with van der Waals surface area (Å²) in [7, 11) is 1.61. The Labute approximate surface area is 97.1 Å². The molecule has 0 saturated heterocycles. The van der Waals surface area contributed by atoms with Crippen molar-refractivity contribution >= 4 is 6.03 Å². The van der Waals surface area contributed by atoms with Crippen LogP contribution in [0.1, 0.15) is 32.6 Å². The number of amides is 2. The molecular formula is C11H23N3O2. The zero-order valence-corrected chi connectivity index (χ0v) is 10.2. The largest absolute Gasteiger partial charge is 0.383 e. The summed E-state index contributed by atoms with van der Waals surface area (Å²) in [6, 6.07) is 0.154. The fourth-order valence-electron chi connectivity index (χ4n) is 1.92. The van der Waals surface area contributed by atoms with Gasteiger partial charge in [0.25, 0.3) is 0 Å². The number of rotatable bonds is 4. The maximum Gasteiger partial charge on any atom is 0.315 e. The van der Waals surface area contributed by atoms with E-state index in [2.05, 4.69) is 17.6 Å². The van der Waals surface area contributed by atoms with Gasteiger partial charge in [0.05, 0.1) is 6.61 Å². The van der Waals surface area contributed by atoms with Crippen molar-refractivity contribution in [2.75, 3.05) is 20.3 Å². The molecule has 0 aromatic rings. The summed E-state index contributed by atoms with van der Waals surface area (Å²) in [4.78, 5) is 11.4. The number of ether oxygens (including phenoxy) is 1. The fraction of sp³-hybridized carbons (Fsp3) is 0.909. The van der Waals surface area contributed by atoms with E-state index in [1.807, 2.05) is 0 Å². The highest BCUT2D eigenvalue weighted by Gasteiger charge is 2.27. The van der Waals surface area contributed by atoms with Gasteiger partial charge in [-0.1, -0.05) is 0 Å². The van der Waals surface area contributed by atoms with Crippen molar-refractivity contribution in [1.29, 1.82) is 0 Å². The van der Waals surface area contributed by atoms with E-state index >= 15 is 0 Å². The van der Waals surface area contributed by atoms with Gasteiger partial charge in [0.1, 0.15) is 0 Å². The summed E-state index contributed by atoms with van der Waals surface area (Å²) in [5.41, 5.74) is 5.97. The molecule has 1 aliphatic carbocycles. The molecule has 5 heteroatoms. The van der Waals surface area contributed by atoms with E-state index in [0.29, 0.717) is 13.2 Å². The second-order valence-electron chi connectivity index (χ2n) is 4.82. The Hall–Kier alpha value is -0.810. The Balaban J connectivity index is 2.16. The third-order valence-corrected chi connectivity index (χ3v) is 3.05. The minimum Gasteiger partial charge on any atom is -0.383 e. The van der Waals surface area contributed by atoms with E-state index in [9.17, 15) is 4.79 Å². The summed E-state index contributed by atoms with van der Waals surface area (Å²) in [6.07, 6.45) is 3.86. The van der Waals surface area contributed by atoms with Crippen LogP contribution in [0.2, 0.25) is 0 Å². The van der Waals surface area contributed by atoms with Crippen LogP contribution in [0.4, 0.5) is 4.79 Å². The minimum absolute atomic E-state index is 0.0509. The SMILES string of the molecule is COCCNC(=O)NC1CCC(C)(N)CC1. The van der Waals surface area contributed by atoms with E-state index in [0.717, 1.165) is 25.7 Å². The topological polar surface area (TPSA) is 76.4 Å². The molecule has 1 aliphatic rings. The lowest BCUT2D eigenvalue weighted by Gasteiger charge is -2.34. The molecule has 0 heterocycles. The van der Waals surface area contributed by atoms with Crippen LogP contribution in [0.5, 0.6) is 0 Å². The van der Waals surface area contributed by atoms with E-state index in [4.69, 9.17) is 10.5 Å². The van der Waals surface area contributed by atoms with Crippen LogP contribution in [0.25, 0.3) is 0 Å². The lowest BCUT2D eigenvalue weighted by atomic mass is 9.82. The highest BCUT2D eigenvalue weighted by molar-refractivity contribution is 5.74. The third kappa shape index (κ3) is 4.81. The maximum absolute atomic E-state index is 11.4. The molecule has 16 heavy (non-hydrogen) atoms. The van der Waals surface area contributed by atoms with Crippen LogP contribution in [0.3, 0.4) is 0 Å². The first-order valence-electron chi connectivity index (χ1n) is 5.86. The second-order valence-corrected chi connectivity index (χ2v) is 4.82. The van der Waals surface area contributed by atoms with Gasteiger partial charge < -0.3 is 21.1 Å². The molecule has 0 unspecified atom stereocenters. The van der Waals surface area contributed by atoms with Gasteiger partial charge in [-0.05, 0) is 32.6 Å². The van der Waals surface area contributed by atoms with Crippen LogP contribution >= 0.6 is 0 Å². The van der Waals surface area contributed by atoms with Crippen molar-refractivity contribution < 1.29 is 9.53 Å². The third-order valence-electron chi connectivity index (χ3n) is 3.05. The Bertz CT molecular complexity index is 221. The van der Waals surface area contributed by atoms with Crippen molar-refractivity contribution in [3.63, 3.8) is 0 Å². The van der Waals surface area contributed by atoms with Crippen molar-refractivity contribution in [3.05, 3.63) is 0 Å². The van der Waals surface area contributed by atoms with Crippen molar-refractivity contribution in [2.45, 2.75) is 44.2 Å². The van der Waals surface area contributed by atoms with Gasteiger partial charge in [-0.3, -0.25) is 0 Å². The number of nitrogens with two attached hydrogens (primary N) is 1. The fourth-order valence-corrected chi connectivity index (χ4v) is 1.92. The van der Waals surface area contributed by atoms with Crippen molar-refractivity contribution in [3.8, 4) is 0 Å². The molecule has 94 valence electrons. The molecule has 0 bridgehead atoms. The molecule has 1 rings (SSSR count). The smallest absolute Gasteiger partial charge is 0.315 e. The molecule has 0 spiro atoms. The van der Waals surface area contributed by atoms with E-state index in [1.54, 1.807) is 7.11 Å². The van der Waals surface area contributed by atoms with Gasteiger partial charge >= 0.3 is 6.03 Å². The molecule has 0 aliphatic heterocycles. The molecule has 5 nitrogen and oxygen atoms in total. The number of urea groups is 1. The molecule has 2 amide bonds. The highest BCUT2D eigenvalue weighted by atomic mass is 16.5. The normalized spacial score (nSPS) is 29.8. The molecule has 0 atom stereocenters. The first-order valence-corrected chi connectivity index (χ1v) is 5.86. The van der Waals surface area contributed by atoms with Crippen LogP contribution < -0.4 is 16.4 Å². The molecule has 0 aromatic heterocycles. The summed E-state index contributed by atoms with van der Waals surface area (Å²) in [5.74, 6) is 0. The zero-order valence-electron chi connectivity index (χ0n) is 10.2. The van der Waals surface area contributed by atoms with Crippen LogP contribution in [-0.4, -0.2) is 37.9 Å². The van der Waals surface area contributed by atoms with E-state index in [1.165, 1.54) is 0 Å². The first kappa shape index (κ1) is 13.3. The quantitative estimate of drug-likeness (QED) is 0.618. The van der Waals surface area contributed by atoms with Gasteiger partial charge in [-0.15, -0.1) is 0 Å². The summed E-state index contributed by atoms with van der Waals surface area (Å²) < 4.78 is 4.85. The Morgan fingerprint density at radius 2 is 2.12 bits per heavy atom. The average molecular weight is 229 g/mol. The van der Waals surface area contributed by atoms with Gasteiger partial charge in [0.2, 0.25) is 0 Å². The average Bonchev–Trinajstić information content (AvgIpc) is 2.22. The van der Waals surface area contributed by atoms with Gasteiger partial charge in [0, 0.05) is 25.2 Å². The minimum atomic E-state index is -0.109. The predicted molar refractivity (Wildman–Crippen MR) is 63.3 cm³/mol. The van der Waals surface area contributed by atoms with Crippen molar-refractivity contribution in [1.82, 2.24) is 10.6 Å². The lowest BCUT2D eigenvalue weighted by Crippen LogP contribution is -2.49. The second kappa shape index (κ2) is 6.06. The van der Waals surface area contributed by atoms with Gasteiger partial charge in [-0.2, -0.15) is 0 Å². The molecule has 4 N–H and O–H groups in total. The number of hydrogen-bond donors (Lipinski definition) is 3. The molecule has 1 saturated carbocycles. The molecule has 0 radical (unpaired) electrons. The van der Waals surface area contributed by atoms with Crippen LogP contribution in [-0.2, 0) is 4.74 Å². The molecule has 0 aromatic carbocycles. The number of methoxy groups -OCH3 is 1. The highest BCUT2D eigenvalue weighted by Crippen LogP contribution is 2.25. The maximum atomic E-state index is 11.4. The summed E-state index contributed by atoms with van der Waals surface area (Å²) in [6.45, 7) is 3.16. The number of carbonyl (C=O) groups is 1. The molecular weight excluding hydrogens is 206 g/mol. The number of hydrogen-bond acceptors (Lipinski definition) is 3. The monoisotopic (exact) mass is 229 g/mol. The van der Waals surface area contributed by atoms with Gasteiger partial charge in [0.15, 0.2) is 0 Å². The predicted octanol–water partition coefficient (Wildman–Crippen LogP) is 0.592. The van der Waals surface area contributed by atoms with E-state index in [-0.39, 0.29) is 17.6 Å². The zero-order chi connectivity index (χ0) is 12.0. The lowest BCUT2D eigenvalue weighted by molar-refractivity contribution is 0.192. The summed E-state index contributed by atoms with van der Waals surface area (Å²) in [5, 5.41) is 5.70. The Morgan fingerprint density at radius 1 is 1.50 bits per heavy atom. The summed E-state index contributed by atoms with van der Waals surface area (Å²) >= 11 is 0.